The van der Waals surface area contributed by atoms with E-state index in [1.165, 1.54) is 93.7 Å². The molecule has 4 saturated carbocycles. The van der Waals surface area contributed by atoms with Crippen LogP contribution >= 0.6 is 0 Å². The van der Waals surface area contributed by atoms with Crippen LogP contribution in [0.4, 0.5) is 17.1 Å². The summed E-state index contributed by atoms with van der Waals surface area (Å²) in [5, 5.41) is 0. The Morgan fingerprint density at radius 3 is 1.78 bits per heavy atom. The molecule has 4 fully saturated rings. The summed E-state index contributed by atoms with van der Waals surface area (Å²) < 4.78 is 0. The number of nitrogens with zero attached hydrogens (tertiary/aromatic N) is 1. The highest BCUT2D eigenvalue weighted by molar-refractivity contribution is 5.96. The molecule has 6 aromatic rings. The Balaban J connectivity index is 1.14. The summed E-state index contributed by atoms with van der Waals surface area (Å²) in [6, 6.07) is 53.2. The van der Waals surface area contributed by atoms with E-state index in [9.17, 15) is 0 Å². The molecule has 6 aliphatic carbocycles. The van der Waals surface area contributed by atoms with Gasteiger partial charge in [-0.3, -0.25) is 0 Å². The first-order valence-corrected chi connectivity index (χ1v) is 18.9. The smallest absolute Gasteiger partial charge is 0.0543 e. The van der Waals surface area contributed by atoms with E-state index in [0.29, 0.717) is 0 Å². The van der Waals surface area contributed by atoms with Crippen LogP contribution in [0, 0.1) is 23.7 Å². The Labute approximate surface area is 296 Å². The lowest BCUT2D eigenvalue weighted by Crippen LogP contribution is -2.55. The van der Waals surface area contributed by atoms with Gasteiger partial charge in [0.1, 0.15) is 0 Å². The molecule has 12 rings (SSSR count). The molecule has 244 valence electrons. The fraction of sp³-hybridized carbons (Fsp3) is 0.265. The minimum atomic E-state index is -0.0607. The van der Waals surface area contributed by atoms with E-state index in [4.69, 9.17) is 0 Å². The van der Waals surface area contributed by atoms with Crippen molar-refractivity contribution in [1.82, 2.24) is 0 Å². The van der Waals surface area contributed by atoms with Gasteiger partial charge in [0.15, 0.2) is 0 Å². The van der Waals surface area contributed by atoms with Crippen molar-refractivity contribution in [3.8, 4) is 33.4 Å². The van der Waals surface area contributed by atoms with Crippen LogP contribution in [-0.4, -0.2) is 0 Å². The first-order chi connectivity index (χ1) is 24.5. The molecule has 0 aliphatic heterocycles. The lowest BCUT2D eigenvalue weighted by Gasteiger charge is -2.61. The van der Waals surface area contributed by atoms with Crippen molar-refractivity contribution in [3.63, 3.8) is 0 Å². The monoisotopic (exact) mass is 645 g/mol. The molecule has 0 aromatic heterocycles. The van der Waals surface area contributed by atoms with Crippen molar-refractivity contribution in [3.05, 3.63) is 162 Å². The molecule has 0 atom stereocenters. The predicted octanol–water partition coefficient (Wildman–Crippen LogP) is 12.9. The lowest BCUT2D eigenvalue weighted by molar-refractivity contribution is -0.0399. The summed E-state index contributed by atoms with van der Waals surface area (Å²) in [7, 11) is 0. The average Bonchev–Trinajstić information content (AvgIpc) is 3.57. The fourth-order valence-corrected chi connectivity index (χ4v) is 12.1. The van der Waals surface area contributed by atoms with Gasteiger partial charge in [0.25, 0.3) is 0 Å². The molecule has 0 heterocycles. The van der Waals surface area contributed by atoms with Crippen molar-refractivity contribution in [2.45, 2.75) is 56.8 Å². The second kappa shape index (κ2) is 10.3. The molecule has 1 spiro atoms. The van der Waals surface area contributed by atoms with Crippen molar-refractivity contribution in [2.24, 2.45) is 23.7 Å². The first kappa shape index (κ1) is 28.9. The normalized spacial score (nSPS) is 25.6. The Bertz CT molecular complexity index is 2280. The summed E-state index contributed by atoms with van der Waals surface area (Å²) in [4.78, 5) is 2.58. The van der Waals surface area contributed by atoms with Gasteiger partial charge in [-0.15, -0.1) is 0 Å². The van der Waals surface area contributed by atoms with Gasteiger partial charge in [-0.1, -0.05) is 123 Å². The second-order valence-electron chi connectivity index (χ2n) is 16.6. The summed E-state index contributed by atoms with van der Waals surface area (Å²) in [6.45, 7) is 4.78. The Hall–Kier alpha value is -4.88. The van der Waals surface area contributed by atoms with Crippen LogP contribution < -0.4 is 4.90 Å². The van der Waals surface area contributed by atoms with E-state index in [0.717, 1.165) is 23.7 Å². The van der Waals surface area contributed by atoms with Crippen LogP contribution in [0.5, 0.6) is 0 Å². The highest BCUT2D eigenvalue weighted by Crippen LogP contribution is 2.69. The largest absolute Gasteiger partial charge is 0.310 e. The zero-order chi connectivity index (χ0) is 33.2. The van der Waals surface area contributed by atoms with Crippen LogP contribution in [0.25, 0.3) is 33.4 Å². The quantitative estimate of drug-likeness (QED) is 0.184. The van der Waals surface area contributed by atoms with Crippen molar-refractivity contribution < 1.29 is 0 Å². The van der Waals surface area contributed by atoms with Crippen molar-refractivity contribution >= 4 is 17.1 Å². The summed E-state index contributed by atoms with van der Waals surface area (Å²) in [5.74, 6) is 3.34. The average molecular weight is 646 g/mol. The van der Waals surface area contributed by atoms with Gasteiger partial charge in [-0.05, 0) is 136 Å². The summed E-state index contributed by atoms with van der Waals surface area (Å²) in [5.41, 5.74) is 18.0. The van der Waals surface area contributed by atoms with E-state index in [1.807, 2.05) is 0 Å². The molecule has 6 aromatic carbocycles. The van der Waals surface area contributed by atoms with E-state index in [-0.39, 0.29) is 10.8 Å². The Morgan fingerprint density at radius 2 is 1.04 bits per heavy atom. The maximum Gasteiger partial charge on any atom is 0.0543 e. The molecule has 0 saturated heterocycles. The number of rotatable bonds is 4. The molecule has 6 aliphatic rings. The number of hydrogen-bond acceptors (Lipinski definition) is 1. The first-order valence-electron chi connectivity index (χ1n) is 18.9. The van der Waals surface area contributed by atoms with Crippen LogP contribution in [0.15, 0.2) is 140 Å². The van der Waals surface area contributed by atoms with Gasteiger partial charge in [0, 0.05) is 27.8 Å². The SMILES string of the molecule is CC1(C)c2ccccc2-c2c(N(c3ccc(-c4ccccc4)cc3)c3ccc4c(c3)C3(c5ccccc5-4)C4CC5CC(C4)CC3C5)cccc21. The highest BCUT2D eigenvalue weighted by Gasteiger charge is 2.61. The van der Waals surface area contributed by atoms with E-state index < -0.39 is 0 Å². The molecule has 1 heteroatoms. The molecular weight excluding hydrogens is 603 g/mol. The van der Waals surface area contributed by atoms with E-state index >= 15 is 0 Å². The number of fused-ring (bicyclic) bond motifs is 6. The minimum Gasteiger partial charge on any atom is -0.310 e. The third kappa shape index (κ3) is 3.79. The topological polar surface area (TPSA) is 3.24 Å². The fourth-order valence-electron chi connectivity index (χ4n) is 12.1. The van der Waals surface area contributed by atoms with Crippen LogP contribution in [0.2, 0.25) is 0 Å². The Morgan fingerprint density at radius 1 is 0.460 bits per heavy atom. The maximum atomic E-state index is 2.65. The van der Waals surface area contributed by atoms with Gasteiger partial charge >= 0.3 is 0 Å². The predicted molar refractivity (Wildman–Crippen MR) is 207 cm³/mol. The van der Waals surface area contributed by atoms with Crippen molar-refractivity contribution in [1.29, 1.82) is 0 Å². The second-order valence-corrected chi connectivity index (χ2v) is 16.6. The highest BCUT2D eigenvalue weighted by atomic mass is 15.1. The van der Waals surface area contributed by atoms with Gasteiger partial charge in [-0.25, -0.2) is 0 Å². The standard InChI is InChI=1S/C49H43N/c1-48(2)42-15-8-7-14-41(42)47-44(48)17-10-18-46(47)50(37-21-19-34(20-22-37)33-11-4-3-5-12-33)38-23-24-40-39-13-6-9-16-43(39)49(45(40)30-38)35-26-31-25-32(28-35)29-36(49)27-31/h3-24,30-32,35-36H,25-29H2,1-2H3. The zero-order valence-corrected chi connectivity index (χ0v) is 29.1. The van der Waals surface area contributed by atoms with Gasteiger partial charge < -0.3 is 4.90 Å². The van der Waals surface area contributed by atoms with Gasteiger partial charge in [0.05, 0.1) is 5.69 Å². The number of benzene rings is 6. The van der Waals surface area contributed by atoms with Gasteiger partial charge in [0.2, 0.25) is 0 Å². The number of hydrogen-bond donors (Lipinski definition) is 0. The van der Waals surface area contributed by atoms with E-state index in [2.05, 4.69) is 158 Å². The third-order valence-corrected chi connectivity index (χ3v) is 13.9. The molecule has 0 N–H and O–H groups in total. The summed E-state index contributed by atoms with van der Waals surface area (Å²) >= 11 is 0. The molecule has 1 nitrogen and oxygen atoms in total. The molecule has 0 unspecified atom stereocenters. The molecule has 50 heavy (non-hydrogen) atoms. The third-order valence-electron chi connectivity index (χ3n) is 13.9. The van der Waals surface area contributed by atoms with Crippen LogP contribution in [0.3, 0.4) is 0 Å². The summed E-state index contributed by atoms with van der Waals surface area (Å²) in [6.07, 6.45) is 7.06. The molecular formula is C49H43N. The Kier molecular flexibility index (Phi) is 5.97. The maximum absolute atomic E-state index is 2.65. The zero-order valence-electron chi connectivity index (χ0n) is 29.1. The molecule has 0 amide bonds. The van der Waals surface area contributed by atoms with Gasteiger partial charge in [-0.2, -0.15) is 0 Å². The van der Waals surface area contributed by atoms with Crippen LogP contribution in [0.1, 0.15) is 68.2 Å². The van der Waals surface area contributed by atoms with Crippen LogP contribution in [-0.2, 0) is 10.8 Å². The minimum absolute atomic E-state index is 0.0607. The van der Waals surface area contributed by atoms with E-state index in [1.54, 1.807) is 11.1 Å². The lowest BCUT2D eigenvalue weighted by atomic mass is 9.43. The van der Waals surface area contributed by atoms with Crippen molar-refractivity contribution in [2.75, 3.05) is 4.90 Å². The number of anilines is 3. The molecule has 0 radical (unpaired) electrons. The molecule has 4 bridgehead atoms.